The summed E-state index contributed by atoms with van der Waals surface area (Å²) in [5, 5.41) is 19.2. The van der Waals surface area contributed by atoms with Crippen LogP contribution < -0.4 is 5.73 Å². The van der Waals surface area contributed by atoms with Gasteiger partial charge in [-0.1, -0.05) is 12.1 Å². The topological polar surface area (TPSA) is 118 Å². The molecule has 2 heterocycles. The zero-order valence-corrected chi connectivity index (χ0v) is 14.0. The molecule has 3 rings (SSSR count). The number of alkyl halides is 3. The second-order valence-corrected chi connectivity index (χ2v) is 5.90. The number of hydrogen-bond acceptors (Lipinski definition) is 7. The molecule has 2 aromatic heterocycles. The van der Waals surface area contributed by atoms with Gasteiger partial charge in [0.05, 0.1) is 24.7 Å². The highest BCUT2D eigenvalue weighted by Crippen LogP contribution is 2.40. The lowest BCUT2D eigenvalue weighted by molar-refractivity contribution is -0.277. The van der Waals surface area contributed by atoms with Crippen LogP contribution in [0.4, 0.5) is 19.0 Å². The molecular weight excluding hydrogens is 365 g/mol. The van der Waals surface area contributed by atoms with E-state index in [4.69, 9.17) is 10.2 Å². The number of nitrogens with two attached hydrogens (primary N) is 1. The highest BCUT2D eigenvalue weighted by molar-refractivity contribution is 5.71. The molecule has 0 bridgehead atoms. The summed E-state index contributed by atoms with van der Waals surface area (Å²) in [6.07, 6.45) is -1.21. The maximum Gasteiger partial charge on any atom is 0.423 e. The van der Waals surface area contributed by atoms with Crippen LogP contribution in [-0.2, 0) is 5.60 Å². The van der Waals surface area contributed by atoms with E-state index >= 15 is 0 Å². The van der Waals surface area contributed by atoms with Crippen LogP contribution in [0.25, 0.3) is 22.7 Å². The molecule has 1 unspecified atom stereocenters. The van der Waals surface area contributed by atoms with Gasteiger partial charge in [-0.25, -0.2) is 15.0 Å². The summed E-state index contributed by atoms with van der Waals surface area (Å²) in [4.78, 5) is 12.1. The van der Waals surface area contributed by atoms with E-state index in [0.717, 1.165) is 12.1 Å². The molecule has 1 atom stereocenters. The van der Waals surface area contributed by atoms with Crippen molar-refractivity contribution in [2.45, 2.75) is 18.7 Å². The Hall–Kier alpha value is -2.98. The van der Waals surface area contributed by atoms with Crippen LogP contribution in [0, 0.1) is 6.92 Å². The van der Waals surface area contributed by atoms with Crippen molar-refractivity contribution in [1.29, 1.82) is 0 Å². The number of oxazole rings is 1. The fourth-order valence-electron chi connectivity index (χ4n) is 2.54. The van der Waals surface area contributed by atoms with Crippen LogP contribution in [0.2, 0.25) is 0 Å². The fraction of sp³-hybridized carbons (Fsp3) is 0.235. The number of aliphatic hydroxyl groups excluding tert-OH is 1. The van der Waals surface area contributed by atoms with E-state index < -0.39 is 23.9 Å². The van der Waals surface area contributed by atoms with E-state index in [1.54, 1.807) is 6.92 Å². The second kappa shape index (κ2) is 6.63. The number of aryl methyl sites for hydroxylation is 1. The van der Waals surface area contributed by atoms with Gasteiger partial charge in [-0.15, -0.1) is 0 Å². The molecule has 0 radical (unpaired) electrons. The lowest BCUT2D eigenvalue weighted by atomic mass is 9.90. The molecule has 27 heavy (non-hydrogen) atoms. The van der Waals surface area contributed by atoms with Gasteiger partial charge in [-0.05, 0) is 24.1 Å². The maximum atomic E-state index is 13.3. The molecule has 3 aromatic rings. The van der Waals surface area contributed by atoms with Crippen LogP contribution in [-0.4, -0.2) is 37.9 Å². The number of aromatic nitrogens is 3. The molecule has 10 heteroatoms. The van der Waals surface area contributed by atoms with Crippen LogP contribution in [0.3, 0.4) is 0 Å². The molecule has 4 N–H and O–H groups in total. The molecule has 0 saturated heterocycles. The van der Waals surface area contributed by atoms with E-state index in [9.17, 15) is 23.4 Å². The number of anilines is 1. The van der Waals surface area contributed by atoms with Crippen molar-refractivity contribution < 1.29 is 27.8 Å². The van der Waals surface area contributed by atoms with Crippen LogP contribution in [0.15, 0.2) is 41.4 Å². The summed E-state index contributed by atoms with van der Waals surface area (Å²) in [5.74, 6) is 0.310. The fourth-order valence-corrected chi connectivity index (χ4v) is 2.54. The smallest absolute Gasteiger partial charge is 0.423 e. The van der Waals surface area contributed by atoms with Crippen molar-refractivity contribution in [2.75, 3.05) is 12.3 Å². The number of nitrogen functional groups attached to an aromatic ring is 1. The number of benzene rings is 1. The van der Waals surface area contributed by atoms with E-state index in [1.807, 2.05) is 0 Å². The third kappa shape index (κ3) is 3.24. The average molecular weight is 380 g/mol. The van der Waals surface area contributed by atoms with Gasteiger partial charge in [0.2, 0.25) is 5.60 Å². The minimum Gasteiger partial charge on any atom is -0.442 e. The number of halogens is 3. The first-order valence-corrected chi connectivity index (χ1v) is 7.70. The molecule has 0 fully saturated rings. The lowest BCUT2D eigenvalue weighted by Gasteiger charge is -2.29. The first kappa shape index (κ1) is 18.8. The first-order chi connectivity index (χ1) is 12.7. The van der Waals surface area contributed by atoms with Crippen molar-refractivity contribution in [1.82, 2.24) is 15.0 Å². The number of hydrogen-bond donors (Lipinski definition) is 3. The van der Waals surface area contributed by atoms with E-state index in [0.29, 0.717) is 5.56 Å². The van der Waals surface area contributed by atoms with Gasteiger partial charge in [-0.3, -0.25) is 0 Å². The minimum atomic E-state index is -5.06. The molecule has 0 aliphatic carbocycles. The lowest BCUT2D eigenvalue weighted by Crippen LogP contribution is -2.45. The standard InChI is InChI=1S/C17H15F3N4O3/c1-9-2-3-10(16(26,7-25)17(18,19)20)4-11(9)12-5-23-15(21)14(24-12)13-6-22-8-27-13/h2-6,8,25-26H,7H2,1H3,(H2,21,23). The Labute approximate surface area is 151 Å². The van der Waals surface area contributed by atoms with Gasteiger partial charge in [0.1, 0.15) is 0 Å². The highest BCUT2D eigenvalue weighted by Gasteiger charge is 2.54. The van der Waals surface area contributed by atoms with Crippen LogP contribution in [0.1, 0.15) is 11.1 Å². The first-order valence-electron chi connectivity index (χ1n) is 7.70. The van der Waals surface area contributed by atoms with Crippen molar-refractivity contribution in [3.05, 3.63) is 48.1 Å². The molecule has 142 valence electrons. The Morgan fingerprint density at radius 1 is 1.22 bits per heavy atom. The Balaban J connectivity index is 2.15. The number of nitrogens with zero attached hydrogens (tertiary/aromatic N) is 3. The zero-order chi connectivity index (χ0) is 19.8. The third-order valence-corrected chi connectivity index (χ3v) is 4.16. The molecule has 1 aromatic carbocycles. The molecule has 0 spiro atoms. The largest absolute Gasteiger partial charge is 0.442 e. The summed E-state index contributed by atoms with van der Waals surface area (Å²) < 4.78 is 44.9. The Morgan fingerprint density at radius 3 is 2.56 bits per heavy atom. The van der Waals surface area contributed by atoms with Crippen molar-refractivity contribution >= 4 is 5.82 Å². The summed E-state index contributed by atoms with van der Waals surface area (Å²) in [5.41, 5.74) is 3.16. The number of aliphatic hydroxyl groups is 2. The average Bonchev–Trinajstić information content (AvgIpc) is 3.15. The minimum absolute atomic E-state index is 0.0615. The SMILES string of the molecule is Cc1ccc(C(O)(CO)C(F)(F)F)cc1-c1cnc(N)c(-c2cnco2)n1. The monoisotopic (exact) mass is 380 g/mol. The summed E-state index contributed by atoms with van der Waals surface area (Å²) in [6, 6.07) is 3.61. The van der Waals surface area contributed by atoms with Crippen molar-refractivity contribution in [2.24, 2.45) is 0 Å². The van der Waals surface area contributed by atoms with E-state index in [2.05, 4.69) is 15.0 Å². The van der Waals surface area contributed by atoms with Gasteiger partial charge in [0.15, 0.2) is 23.7 Å². The molecule has 0 amide bonds. The van der Waals surface area contributed by atoms with Crippen molar-refractivity contribution in [3.8, 4) is 22.7 Å². The van der Waals surface area contributed by atoms with Crippen molar-refractivity contribution in [3.63, 3.8) is 0 Å². The van der Waals surface area contributed by atoms with E-state index in [-0.39, 0.29) is 28.5 Å². The predicted octanol–water partition coefficient (Wildman–Crippen LogP) is 2.43. The summed E-state index contributed by atoms with van der Waals surface area (Å²) in [6.45, 7) is 0.145. The Bertz CT molecular complexity index is 961. The normalized spacial score (nSPS) is 14.1. The van der Waals surface area contributed by atoms with Gasteiger partial charge >= 0.3 is 6.18 Å². The van der Waals surface area contributed by atoms with Gasteiger partial charge in [0, 0.05) is 5.56 Å². The maximum absolute atomic E-state index is 13.3. The van der Waals surface area contributed by atoms with Gasteiger partial charge in [0.25, 0.3) is 0 Å². The molecule has 0 saturated carbocycles. The molecule has 0 aliphatic heterocycles. The quantitative estimate of drug-likeness (QED) is 0.636. The molecule has 7 nitrogen and oxygen atoms in total. The zero-order valence-electron chi connectivity index (χ0n) is 14.0. The second-order valence-electron chi connectivity index (χ2n) is 5.90. The number of rotatable bonds is 4. The van der Waals surface area contributed by atoms with Gasteiger partial charge < -0.3 is 20.4 Å². The Kier molecular flexibility index (Phi) is 4.62. The summed E-state index contributed by atoms with van der Waals surface area (Å²) in [7, 11) is 0. The molecular formula is C17H15F3N4O3. The third-order valence-electron chi connectivity index (χ3n) is 4.16. The van der Waals surface area contributed by atoms with Crippen LogP contribution >= 0.6 is 0 Å². The summed E-state index contributed by atoms with van der Waals surface area (Å²) >= 11 is 0. The predicted molar refractivity (Wildman–Crippen MR) is 89.2 cm³/mol. The highest BCUT2D eigenvalue weighted by atomic mass is 19.4. The van der Waals surface area contributed by atoms with Crippen LogP contribution in [0.5, 0.6) is 0 Å². The Morgan fingerprint density at radius 2 is 1.96 bits per heavy atom. The molecule has 0 aliphatic rings. The van der Waals surface area contributed by atoms with Gasteiger partial charge in [-0.2, -0.15) is 13.2 Å². The van der Waals surface area contributed by atoms with E-state index in [1.165, 1.54) is 24.9 Å².